The maximum Gasteiger partial charge on any atom is 0.0115 e. The molecule has 0 fully saturated rings. The third-order valence-electron chi connectivity index (χ3n) is 6.89. The smallest absolute Gasteiger partial charge is 0.0115 e. The summed E-state index contributed by atoms with van der Waals surface area (Å²) in [5, 5.41) is 2.70. The standard InChI is InChI=1S/C29H26.C2H6/c1-19-20(2)29(3,4)27-18-26(24-16-10-11-17-25(24)28(19)27)23-15-9-8-14-22(23)21-12-6-5-7-13-21;1-2/h5-18H,1-4H3;1-2H3. The molecule has 0 bridgehead atoms. The Morgan fingerprint density at radius 3 is 1.81 bits per heavy atom. The minimum atomic E-state index is 0.0554. The van der Waals surface area contributed by atoms with Crippen LogP contribution in [0.1, 0.15) is 52.7 Å². The Morgan fingerprint density at radius 1 is 0.581 bits per heavy atom. The van der Waals surface area contributed by atoms with Crippen molar-refractivity contribution in [1.29, 1.82) is 0 Å². The van der Waals surface area contributed by atoms with Gasteiger partial charge in [-0.05, 0) is 69.6 Å². The van der Waals surface area contributed by atoms with Gasteiger partial charge in [-0.15, -0.1) is 0 Å². The van der Waals surface area contributed by atoms with Crippen molar-refractivity contribution in [1.82, 2.24) is 0 Å². The molecule has 4 aromatic rings. The van der Waals surface area contributed by atoms with E-state index in [9.17, 15) is 0 Å². The van der Waals surface area contributed by atoms with Gasteiger partial charge in [-0.1, -0.05) is 112 Å². The third-order valence-corrected chi connectivity index (χ3v) is 6.89. The van der Waals surface area contributed by atoms with Crippen molar-refractivity contribution in [3.05, 3.63) is 102 Å². The molecule has 1 aliphatic carbocycles. The van der Waals surface area contributed by atoms with E-state index in [1.165, 1.54) is 55.3 Å². The lowest BCUT2D eigenvalue weighted by atomic mass is 9.79. The Bertz CT molecular complexity index is 1270. The van der Waals surface area contributed by atoms with E-state index in [4.69, 9.17) is 0 Å². The zero-order chi connectivity index (χ0) is 22.2. The Labute approximate surface area is 187 Å². The van der Waals surface area contributed by atoms with Gasteiger partial charge in [0.1, 0.15) is 0 Å². The highest BCUT2D eigenvalue weighted by Gasteiger charge is 2.35. The van der Waals surface area contributed by atoms with Crippen LogP contribution in [-0.4, -0.2) is 0 Å². The molecule has 0 unspecified atom stereocenters. The van der Waals surface area contributed by atoms with Crippen LogP contribution in [0.4, 0.5) is 0 Å². The fraction of sp³-hybridized carbons (Fsp3) is 0.226. The molecule has 0 aliphatic heterocycles. The van der Waals surface area contributed by atoms with E-state index in [1.807, 2.05) is 13.8 Å². The molecular formula is C31H32. The molecule has 31 heavy (non-hydrogen) atoms. The van der Waals surface area contributed by atoms with Crippen molar-refractivity contribution in [2.75, 3.05) is 0 Å². The number of fused-ring (bicyclic) bond motifs is 3. The molecule has 156 valence electrons. The number of allylic oxidation sites excluding steroid dienone is 2. The molecule has 1 aliphatic rings. The molecule has 0 spiro atoms. The van der Waals surface area contributed by atoms with Crippen molar-refractivity contribution in [3.63, 3.8) is 0 Å². The van der Waals surface area contributed by atoms with Crippen LogP contribution < -0.4 is 0 Å². The molecule has 0 heteroatoms. The van der Waals surface area contributed by atoms with Crippen molar-refractivity contribution >= 4 is 16.3 Å². The first kappa shape index (κ1) is 21.1. The van der Waals surface area contributed by atoms with E-state index in [0.29, 0.717) is 0 Å². The highest BCUT2D eigenvalue weighted by Crippen LogP contribution is 2.51. The maximum atomic E-state index is 2.46. The number of hydrogen-bond donors (Lipinski definition) is 0. The molecule has 0 amide bonds. The Kier molecular flexibility index (Phi) is 5.58. The van der Waals surface area contributed by atoms with E-state index < -0.39 is 0 Å². The van der Waals surface area contributed by atoms with E-state index in [0.717, 1.165) is 0 Å². The first-order valence-corrected chi connectivity index (χ1v) is 11.4. The summed E-state index contributed by atoms with van der Waals surface area (Å²) in [5.41, 5.74) is 11.0. The SMILES string of the molecule is CC.CC1=C(C)C(C)(C)c2cc(-c3ccccc3-c3ccccc3)c3ccccc3c21. The maximum absolute atomic E-state index is 2.46. The average Bonchev–Trinajstić information content (AvgIpc) is 3.00. The van der Waals surface area contributed by atoms with Crippen LogP contribution in [0.3, 0.4) is 0 Å². The van der Waals surface area contributed by atoms with Crippen LogP contribution in [0.25, 0.3) is 38.6 Å². The molecule has 0 atom stereocenters. The normalized spacial score (nSPS) is 14.3. The second-order valence-corrected chi connectivity index (χ2v) is 8.68. The number of benzene rings is 4. The lowest BCUT2D eigenvalue weighted by Crippen LogP contribution is -2.15. The van der Waals surface area contributed by atoms with Gasteiger partial charge >= 0.3 is 0 Å². The van der Waals surface area contributed by atoms with Crippen molar-refractivity contribution in [2.45, 2.75) is 47.0 Å². The Hall–Kier alpha value is -3.12. The zero-order valence-corrected chi connectivity index (χ0v) is 19.6. The number of hydrogen-bond acceptors (Lipinski definition) is 0. The van der Waals surface area contributed by atoms with Gasteiger partial charge in [-0.25, -0.2) is 0 Å². The second-order valence-electron chi connectivity index (χ2n) is 8.68. The molecule has 0 radical (unpaired) electrons. The zero-order valence-electron chi connectivity index (χ0n) is 19.6. The van der Waals surface area contributed by atoms with Gasteiger partial charge in [-0.3, -0.25) is 0 Å². The highest BCUT2D eigenvalue weighted by atomic mass is 14.4. The molecule has 0 heterocycles. The van der Waals surface area contributed by atoms with Crippen LogP contribution in [0.15, 0.2) is 90.5 Å². The summed E-state index contributed by atoms with van der Waals surface area (Å²) in [6, 6.07) is 30.9. The topological polar surface area (TPSA) is 0 Å². The lowest BCUT2D eigenvalue weighted by molar-refractivity contribution is 0.639. The lowest BCUT2D eigenvalue weighted by Gasteiger charge is -2.24. The number of rotatable bonds is 2. The molecule has 0 N–H and O–H groups in total. The van der Waals surface area contributed by atoms with Crippen LogP contribution >= 0.6 is 0 Å². The molecule has 4 aromatic carbocycles. The second kappa shape index (κ2) is 8.19. The highest BCUT2D eigenvalue weighted by molar-refractivity contribution is 6.07. The summed E-state index contributed by atoms with van der Waals surface area (Å²) in [6.07, 6.45) is 0. The molecule has 5 rings (SSSR count). The van der Waals surface area contributed by atoms with Gasteiger partial charge < -0.3 is 0 Å². The summed E-state index contributed by atoms with van der Waals surface area (Å²) >= 11 is 0. The largest absolute Gasteiger partial charge is 0.0683 e. The Morgan fingerprint density at radius 2 is 1.13 bits per heavy atom. The van der Waals surface area contributed by atoms with Gasteiger partial charge in [0.15, 0.2) is 0 Å². The van der Waals surface area contributed by atoms with Crippen LogP contribution in [0, 0.1) is 0 Å². The van der Waals surface area contributed by atoms with Crippen LogP contribution in [0.5, 0.6) is 0 Å². The molecule has 0 nitrogen and oxygen atoms in total. The molecule has 0 saturated carbocycles. The predicted octanol–water partition coefficient (Wildman–Crippen LogP) is 9.28. The molecule has 0 saturated heterocycles. The summed E-state index contributed by atoms with van der Waals surface area (Å²) in [4.78, 5) is 0. The van der Waals surface area contributed by atoms with Gasteiger partial charge in [0, 0.05) is 5.41 Å². The summed E-state index contributed by atoms with van der Waals surface area (Å²) in [6.45, 7) is 13.3. The molecular weight excluding hydrogens is 372 g/mol. The fourth-order valence-corrected chi connectivity index (χ4v) is 4.94. The minimum Gasteiger partial charge on any atom is -0.0683 e. The van der Waals surface area contributed by atoms with Crippen LogP contribution in [0.2, 0.25) is 0 Å². The van der Waals surface area contributed by atoms with E-state index >= 15 is 0 Å². The third kappa shape index (κ3) is 3.31. The summed E-state index contributed by atoms with van der Waals surface area (Å²) in [5.74, 6) is 0. The van der Waals surface area contributed by atoms with Crippen molar-refractivity contribution < 1.29 is 0 Å². The quantitative estimate of drug-likeness (QED) is 0.312. The molecule has 0 aromatic heterocycles. The average molecular weight is 405 g/mol. The van der Waals surface area contributed by atoms with Crippen LogP contribution in [-0.2, 0) is 5.41 Å². The monoisotopic (exact) mass is 404 g/mol. The minimum absolute atomic E-state index is 0.0554. The van der Waals surface area contributed by atoms with Gasteiger partial charge in [-0.2, -0.15) is 0 Å². The predicted molar refractivity (Wildman–Crippen MR) is 137 cm³/mol. The van der Waals surface area contributed by atoms with Gasteiger partial charge in [0.2, 0.25) is 0 Å². The van der Waals surface area contributed by atoms with Crippen molar-refractivity contribution in [3.8, 4) is 22.3 Å². The van der Waals surface area contributed by atoms with E-state index in [2.05, 4.69) is 113 Å². The summed E-state index contributed by atoms with van der Waals surface area (Å²) in [7, 11) is 0. The summed E-state index contributed by atoms with van der Waals surface area (Å²) < 4.78 is 0. The van der Waals surface area contributed by atoms with Gasteiger partial charge in [0.05, 0.1) is 0 Å². The first-order valence-electron chi connectivity index (χ1n) is 11.4. The van der Waals surface area contributed by atoms with Crippen molar-refractivity contribution in [2.24, 2.45) is 0 Å². The van der Waals surface area contributed by atoms with E-state index in [1.54, 1.807) is 0 Å². The Balaban J connectivity index is 0.00000112. The van der Waals surface area contributed by atoms with Gasteiger partial charge in [0.25, 0.3) is 0 Å². The van der Waals surface area contributed by atoms with E-state index in [-0.39, 0.29) is 5.41 Å². The first-order chi connectivity index (χ1) is 15.0. The fourth-order valence-electron chi connectivity index (χ4n) is 4.94.